The molecule has 15 heavy (non-hydrogen) atoms. The summed E-state index contributed by atoms with van der Waals surface area (Å²) in [4.78, 5) is 7.00. The van der Waals surface area contributed by atoms with Gasteiger partial charge in [-0.1, -0.05) is 18.2 Å². The van der Waals surface area contributed by atoms with Gasteiger partial charge in [-0.15, -0.1) is 23.1 Å². The van der Waals surface area contributed by atoms with E-state index in [1.807, 2.05) is 18.0 Å². The first-order valence-electron chi connectivity index (χ1n) is 4.85. The number of rotatable bonds is 3. The molecule has 0 saturated carbocycles. The van der Waals surface area contributed by atoms with Gasteiger partial charge in [0.2, 0.25) is 0 Å². The Morgan fingerprint density at radius 1 is 1.27 bits per heavy atom. The number of nitrogens with zero attached hydrogens (tertiary/aromatic N) is 1. The minimum atomic E-state index is 0.976. The molecule has 0 aliphatic carbocycles. The van der Waals surface area contributed by atoms with Crippen molar-refractivity contribution in [2.24, 2.45) is 0 Å². The van der Waals surface area contributed by atoms with Gasteiger partial charge in [0.25, 0.3) is 0 Å². The van der Waals surface area contributed by atoms with Gasteiger partial charge in [0.05, 0.1) is 5.75 Å². The van der Waals surface area contributed by atoms with Crippen LogP contribution in [0, 0.1) is 13.8 Å². The van der Waals surface area contributed by atoms with Crippen LogP contribution in [0.3, 0.4) is 0 Å². The largest absolute Gasteiger partial charge is 0.249 e. The molecule has 0 aliphatic rings. The van der Waals surface area contributed by atoms with Crippen molar-refractivity contribution in [3.05, 3.63) is 45.9 Å². The van der Waals surface area contributed by atoms with E-state index >= 15 is 0 Å². The smallest absolute Gasteiger partial charge is 0.103 e. The maximum atomic E-state index is 4.36. The average Bonchev–Trinajstić information content (AvgIpc) is 2.63. The Balaban J connectivity index is 2.02. The minimum Gasteiger partial charge on any atom is -0.249 e. The summed E-state index contributed by atoms with van der Waals surface area (Å²) in [5.74, 6) is 0.976. The Bertz CT molecular complexity index is 448. The van der Waals surface area contributed by atoms with E-state index in [0.29, 0.717) is 0 Å². The summed E-state index contributed by atoms with van der Waals surface area (Å²) in [7, 11) is 0. The first-order valence-corrected chi connectivity index (χ1v) is 6.65. The van der Waals surface area contributed by atoms with Gasteiger partial charge >= 0.3 is 0 Å². The first kappa shape index (κ1) is 10.7. The molecule has 0 aliphatic heterocycles. The lowest BCUT2D eigenvalue weighted by molar-refractivity contribution is 1.24. The molecular weight excluding hydrogens is 222 g/mol. The van der Waals surface area contributed by atoms with E-state index in [2.05, 4.69) is 43.1 Å². The number of benzene rings is 1. The van der Waals surface area contributed by atoms with Gasteiger partial charge in [-0.05, 0) is 25.5 Å². The SMILES string of the molecule is Cc1cnc(CSc2ccccc2C)s1. The molecule has 1 aromatic carbocycles. The maximum absolute atomic E-state index is 4.36. The van der Waals surface area contributed by atoms with Crippen molar-refractivity contribution in [2.75, 3.05) is 0 Å². The molecule has 1 aromatic heterocycles. The number of aryl methyl sites for hydroxylation is 2. The number of hydrogen-bond acceptors (Lipinski definition) is 3. The van der Waals surface area contributed by atoms with Crippen LogP contribution in [-0.4, -0.2) is 4.98 Å². The van der Waals surface area contributed by atoms with Crippen LogP contribution in [0.25, 0.3) is 0 Å². The van der Waals surface area contributed by atoms with E-state index in [9.17, 15) is 0 Å². The van der Waals surface area contributed by atoms with Crippen LogP contribution >= 0.6 is 23.1 Å². The van der Waals surface area contributed by atoms with Crippen LogP contribution in [0.5, 0.6) is 0 Å². The predicted octanol–water partition coefficient (Wildman–Crippen LogP) is 4.05. The Hall–Kier alpha value is -0.800. The summed E-state index contributed by atoms with van der Waals surface area (Å²) in [6.45, 7) is 4.25. The molecule has 3 heteroatoms. The summed E-state index contributed by atoms with van der Waals surface area (Å²) < 4.78 is 0. The van der Waals surface area contributed by atoms with Crippen molar-refractivity contribution in [3.63, 3.8) is 0 Å². The zero-order valence-corrected chi connectivity index (χ0v) is 10.5. The molecular formula is C12H13NS2. The molecule has 78 valence electrons. The summed E-state index contributed by atoms with van der Waals surface area (Å²) in [5, 5.41) is 1.21. The van der Waals surface area contributed by atoms with Crippen LogP contribution in [0.2, 0.25) is 0 Å². The Morgan fingerprint density at radius 3 is 2.73 bits per heavy atom. The highest BCUT2D eigenvalue weighted by molar-refractivity contribution is 7.98. The molecule has 0 amide bonds. The van der Waals surface area contributed by atoms with Crippen LogP contribution < -0.4 is 0 Å². The lowest BCUT2D eigenvalue weighted by atomic mass is 10.2. The highest BCUT2D eigenvalue weighted by Gasteiger charge is 2.01. The molecule has 2 rings (SSSR count). The predicted molar refractivity (Wildman–Crippen MR) is 67.6 cm³/mol. The fourth-order valence-corrected chi connectivity index (χ4v) is 3.15. The van der Waals surface area contributed by atoms with E-state index in [1.165, 1.54) is 20.3 Å². The molecule has 0 spiro atoms. The molecule has 0 unspecified atom stereocenters. The zero-order chi connectivity index (χ0) is 10.7. The van der Waals surface area contributed by atoms with Gasteiger partial charge in [0, 0.05) is 16.0 Å². The normalized spacial score (nSPS) is 10.5. The molecule has 0 bridgehead atoms. The highest BCUT2D eigenvalue weighted by Crippen LogP contribution is 2.27. The Morgan fingerprint density at radius 2 is 2.07 bits per heavy atom. The lowest BCUT2D eigenvalue weighted by Crippen LogP contribution is -1.81. The topological polar surface area (TPSA) is 12.9 Å². The maximum Gasteiger partial charge on any atom is 0.103 e. The molecule has 2 aromatic rings. The minimum absolute atomic E-state index is 0.976. The van der Waals surface area contributed by atoms with Gasteiger partial charge < -0.3 is 0 Å². The fraction of sp³-hybridized carbons (Fsp3) is 0.250. The molecule has 1 nitrogen and oxygen atoms in total. The third-order valence-electron chi connectivity index (χ3n) is 2.11. The highest BCUT2D eigenvalue weighted by atomic mass is 32.2. The number of thiazole rings is 1. The van der Waals surface area contributed by atoms with Crippen LogP contribution in [-0.2, 0) is 5.75 Å². The van der Waals surface area contributed by atoms with Crippen molar-refractivity contribution in [1.82, 2.24) is 4.98 Å². The molecule has 0 N–H and O–H groups in total. The van der Waals surface area contributed by atoms with Crippen molar-refractivity contribution >= 4 is 23.1 Å². The third kappa shape index (κ3) is 2.83. The van der Waals surface area contributed by atoms with E-state index in [-0.39, 0.29) is 0 Å². The molecule has 0 saturated heterocycles. The molecule has 0 atom stereocenters. The lowest BCUT2D eigenvalue weighted by Gasteiger charge is -2.02. The van der Waals surface area contributed by atoms with Crippen molar-refractivity contribution in [2.45, 2.75) is 24.5 Å². The van der Waals surface area contributed by atoms with Gasteiger partial charge in [-0.25, -0.2) is 4.98 Å². The Kier molecular flexibility index (Phi) is 3.44. The van der Waals surface area contributed by atoms with Gasteiger partial charge in [0.1, 0.15) is 5.01 Å². The molecule has 0 radical (unpaired) electrons. The van der Waals surface area contributed by atoms with Crippen molar-refractivity contribution in [1.29, 1.82) is 0 Å². The van der Waals surface area contributed by atoms with Crippen molar-refractivity contribution in [3.8, 4) is 0 Å². The van der Waals surface area contributed by atoms with Gasteiger partial charge in [0.15, 0.2) is 0 Å². The van der Waals surface area contributed by atoms with Gasteiger partial charge in [-0.2, -0.15) is 0 Å². The second-order valence-electron chi connectivity index (χ2n) is 3.42. The number of aromatic nitrogens is 1. The number of hydrogen-bond donors (Lipinski definition) is 0. The Labute approximate surface area is 98.6 Å². The van der Waals surface area contributed by atoms with Crippen LogP contribution in [0.1, 0.15) is 15.4 Å². The zero-order valence-electron chi connectivity index (χ0n) is 8.86. The van der Waals surface area contributed by atoms with Crippen LogP contribution in [0.4, 0.5) is 0 Å². The monoisotopic (exact) mass is 235 g/mol. The summed E-state index contributed by atoms with van der Waals surface area (Å²) in [6, 6.07) is 8.48. The number of thioether (sulfide) groups is 1. The molecule has 0 fully saturated rings. The van der Waals surface area contributed by atoms with E-state index in [1.54, 1.807) is 11.3 Å². The second-order valence-corrected chi connectivity index (χ2v) is 5.76. The molecule has 1 heterocycles. The van der Waals surface area contributed by atoms with E-state index < -0.39 is 0 Å². The standard InChI is InChI=1S/C12H13NS2/c1-9-5-3-4-6-11(9)14-8-12-13-7-10(2)15-12/h3-7H,8H2,1-2H3. The van der Waals surface area contributed by atoms with E-state index in [0.717, 1.165) is 5.75 Å². The second kappa shape index (κ2) is 4.81. The van der Waals surface area contributed by atoms with Crippen molar-refractivity contribution < 1.29 is 0 Å². The average molecular weight is 235 g/mol. The first-order chi connectivity index (χ1) is 7.25. The third-order valence-corrected chi connectivity index (χ3v) is 4.40. The van der Waals surface area contributed by atoms with Gasteiger partial charge in [-0.3, -0.25) is 0 Å². The van der Waals surface area contributed by atoms with Crippen LogP contribution in [0.15, 0.2) is 35.4 Å². The quantitative estimate of drug-likeness (QED) is 0.744. The van der Waals surface area contributed by atoms with E-state index in [4.69, 9.17) is 0 Å². The summed E-state index contributed by atoms with van der Waals surface area (Å²) in [6.07, 6.45) is 1.94. The summed E-state index contributed by atoms with van der Waals surface area (Å²) in [5.41, 5.74) is 1.34. The summed E-state index contributed by atoms with van der Waals surface area (Å²) >= 11 is 3.64. The fourth-order valence-electron chi connectivity index (χ4n) is 1.33.